The third-order valence-electron chi connectivity index (χ3n) is 4.96. The molecule has 0 aliphatic carbocycles. The summed E-state index contributed by atoms with van der Waals surface area (Å²) in [5, 5.41) is 2.74. The largest absolute Gasteiger partial charge is 0.459 e. The second-order valence-corrected chi connectivity index (χ2v) is 8.88. The lowest BCUT2D eigenvalue weighted by Crippen LogP contribution is -2.44. The van der Waals surface area contributed by atoms with E-state index in [2.05, 4.69) is 5.32 Å². The normalized spacial score (nSPS) is 17.8. The van der Waals surface area contributed by atoms with Crippen molar-refractivity contribution in [3.63, 3.8) is 0 Å². The van der Waals surface area contributed by atoms with Crippen molar-refractivity contribution in [1.29, 1.82) is 0 Å². The Bertz CT molecular complexity index is 942. The number of hydrogen-bond donors (Lipinski definition) is 1. The zero-order valence-electron chi connectivity index (χ0n) is 19.2. The maximum absolute atomic E-state index is 12.8. The van der Waals surface area contributed by atoms with Crippen LogP contribution in [0.3, 0.4) is 0 Å². The Hall–Kier alpha value is -3.55. The minimum Gasteiger partial charge on any atom is -0.459 e. The zero-order valence-corrected chi connectivity index (χ0v) is 19.2. The molecule has 0 spiro atoms. The van der Waals surface area contributed by atoms with Crippen LogP contribution in [-0.2, 0) is 32.2 Å². The fourth-order valence-electron chi connectivity index (χ4n) is 3.44. The van der Waals surface area contributed by atoms with E-state index in [0.29, 0.717) is 0 Å². The number of alkyl carbamates (subject to hydrolysis) is 1. The molecule has 1 aliphatic heterocycles. The van der Waals surface area contributed by atoms with Gasteiger partial charge in [0.15, 0.2) is 0 Å². The highest BCUT2D eigenvalue weighted by atomic mass is 16.6. The van der Waals surface area contributed by atoms with E-state index in [1.54, 1.807) is 20.8 Å². The monoisotopic (exact) mass is 454 g/mol. The molecular formula is C25H30N2O6. The molecule has 2 aromatic carbocycles. The smallest absolute Gasteiger partial charge is 0.411 e. The summed E-state index contributed by atoms with van der Waals surface area (Å²) in [6, 6.07) is 17.2. The van der Waals surface area contributed by atoms with Gasteiger partial charge in [-0.3, -0.25) is 4.90 Å². The van der Waals surface area contributed by atoms with Crippen LogP contribution < -0.4 is 5.32 Å². The Morgan fingerprint density at radius 1 is 0.909 bits per heavy atom. The first-order chi connectivity index (χ1) is 15.7. The number of hydrogen-bond acceptors (Lipinski definition) is 6. The number of carbonyl (C=O) groups is 3. The van der Waals surface area contributed by atoms with Crippen LogP contribution >= 0.6 is 0 Å². The van der Waals surface area contributed by atoms with Crippen LogP contribution in [0.1, 0.15) is 38.3 Å². The van der Waals surface area contributed by atoms with Crippen molar-refractivity contribution in [3.8, 4) is 0 Å². The molecule has 1 saturated heterocycles. The van der Waals surface area contributed by atoms with E-state index in [4.69, 9.17) is 14.2 Å². The fourth-order valence-corrected chi connectivity index (χ4v) is 3.44. The lowest BCUT2D eigenvalue weighted by atomic mass is 10.1. The number of amides is 2. The molecule has 0 unspecified atom stereocenters. The van der Waals surface area contributed by atoms with E-state index in [9.17, 15) is 14.4 Å². The van der Waals surface area contributed by atoms with Crippen molar-refractivity contribution in [2.75, 3.05) is 6.54 Å². The number of carbonyl (C=O) groups excluding carboxylic acids is 3. The topological polar surface area (TPSA) is 94.2 Å². The molecule has 0 bridgehead atoms. The van der Waals surface area contributed by atoms with Crippen LogP contribution in [0.2, 0.25) is 0 Å². The van der Waals surface area contributed by atoms with Crippen molar-refractivity contribution in [1.82, 2.24) is 10.2 Å². The molecule has 1 fully saturated rings. The van der Waals surface area contributed by atoms with Crippen LogP contribution in [0.5, 0.6) is 0 Å². The molecule has 2 amide bonds. The lowest BCUT2D eigenvalue weighted by Gasteiger charge is -2.27. The Kier molecular flexibility index (Phi) is 7.92. The standard InChI is InChI=1S/C25H30N2O6/c1-25(2,3)33-24(30)27-15-20(26-23(29)32-17-19-12-8-5-9-13-19)14-21(27)22(28)31-16-18-10-6-4-7-11-18/h4-13,20-21H,14-17H2,1-3H3,(H,26,29)/t20-,21+/m0/s1. The highest BCUT2D eigenvalue weighted by molar-refractivity contribution is 5.83. The molecular weight excluding hydrogens is 424 g/mol. The van der Waals surface area contributed by atoms with Gasteiger partial charge in [0.05, 0.1) is 6.04 Å². The second kappa shape index (κ2) is 10.8. The minimum absolute atomic E-state index is 0.0928. The Balaban J connectivity index is 1.61. The average molecular weight is 455 g/mol. The molecule has 3 rings (SSSR count). The van der Waals surface area contributed by atoms with Gasteiger partial charge in [0.25, 0.3) is 0 Å². The third kappa shape index (κ3) is 7.52. The van der Waals surface area contributed by atoms with E-state index in [1.165, 1.54) is 4.90 Å². The van der Waals surface area contributed by atoms with E-state index in [-0.39, 0.29) is 26.2 Å². The first kappa shape index (κ1) is 24.1. The minimum atomic E-state index is -0.872. The van der Waals surface area contributed by atoms with Crippen LogP contribution in [0, 0.1) is 0 Å². The second-order valence-electron chi connectivity index (χ2n) is 8.88. The van der Waals surface area contributed by atoms with Gasteiger partial charge in [-0.1, -0.05) is 60.7 Å². The van der Waals surface area contributed by atoms with Gasteiger partial charge in [0.1, 0.15) is 24.9 Å². The number of likely N-dealkylation sites (tertiary alicyclic amines) is 1. The molecule has 2 aromatic rings. The molecule has 0 radical (unpaired) electrons. The lowest BCUT2D eigenvalue weighted by molar-refractivity contribution is -0.150. The molecule has 0 saturated carbocycles. The first-order valence-corrected chi connectivity index (χ1v) is 10.9. The van der Waals surface area contributed by atoms with Gasteiger partial charge in [-0.2, -0.15) is 0 Å². The Morgan fingerprint density at radius 2 is 1.45 bits per heavy atom. The molecule has 2 atom stereocenters. The summed E-state index contributed by atoms with van der Waals surface area (Å²) in [7, 11) is 0. The van der Waals surface area contributed by atoms with Crippen molar-refractivity contribution in [3.05, 3.63) is 71.8 Å². The molecule has 0 aromatic heterocycles. The highest BCUT2D eigenvalue weighted by Crippen LogP contribution is 2.23. The van der Waals surface area contributed by atoms with Gasteiger partial charge >= 0.3 is 18.2 Å². The van der Waals surface area contributed by atoms with Crippen molar-refractivity contribution in [2.24, 2.45) is 0 Å². The molecule has 33 heavy (non-hydrogen) atoms. The Labute approximate surface area is 193 Å². The number of rotatable bonds is 6. The molecule has 1 heterocycles. The van der Waals surface area contributed by atoms with Gasteiger partial charge in [0.2, 0.25) is 0 Å². The van der Waals surface area contributed by atoms with E-state index in [1.807, 2.05) is 60.7 Å². The van der Waals surface area contributed by atoms with E-state index < -0.39 is 35.8 Å². The van der Waals surface area contributed by atoms with Crippen LogP contribution in [-0.4, -0.2) is 47.3 Å². The fraction of sp³-hybridized carbons (Fsp3) is 0.400. The van der Waals surface area contributed by atoms with Crippen molar-refractivity contribution in [2.45, 2.75) is 58.1 Å². The number of nitrogens with zero attached hydrogens (tertiary/aromatic N) is 1. The predicted molar refractivity (Wildman–Crippen MR) is 121 cm³/mol. The summed E-state index contributed by atoms with van der Waals surface area (Å²) in [6.07, 6.45) is -1.05. The quantitative estimate of drug-likeness (QED) is 0.523. The first-order valence-electron chi connectivity index (χ1n) is 10.9. The van der Waals surface area contributed by atoms with Crippen molar-refractivity contribution < 1.29 is 28.6 Å². The van der Waals surface area contributed by atoms with E-state index >= 15 is 0 Å². The molecule has 176 valence electrons. The number of benzene rings is 2. The van der Waals surface area contributed by atoms with Crippen LogP contribution in [0.15, 0.2) is 60.7 Å². The summed E-state index contributed by atoms with van der Waals surface area (Å²) >= 11 is 0. The summed E-state index contributed by atoms with van der Waals surface area (Å²) < 4.78 is 16.2. The predicted octanol–water partition coefficient (Wildman–Crippen LogP) is 4.03. The number of esters is 1. The molecule has 8 nitrogen and oxygen atoms in total. The highest BCUT2D eigenvalue weighted by Gasteiger charge is 2.43. The summed E-state index contributed by atoms with van der Waals surface area (Å²) in [6.45, 7) is 5.58. The number of nitrogens with one attached hydrogen (secondary N) is 1. The molecule has 1 aliphatic rings. The summed E-state index contributed by atoms with van der Waals surface area (Å²) in [5.41, 5.74) is 0.971. The summed E-state index contributed by atoms with van der Waals surface area (Å²) in [4.78, 5) is 39.2. The van der Waals surface area contributed by atoms with Gasteiger partial charge in [-0.25, -0.2) is 14.4 Å². The molecule has 8 heteroatoms. The van der Waals surface area contributed by atoms with Crippen LogP contribution in [0.4, 0.5) is 9.59 Å². The average Bonchev–Trinajstić information content (AvgIpc) is 3.20. The Morgan fingerprint density at radius 3 is 2.00 bits per heavy atom. The summed E-state index contributed by atoms with van der Waals surface area (Å²) in [5.74, 6) is -0.549. The zero-order chi connectivity index (χ0) is 23.8. The SMILES string of the molecule is CC(C)(C)OC(=O)N1C[C@@H](NC(=O)OCc2ccccc2)C[C@@H]1C(=O)OCc1ccccc1. The van der Waals surface area contributed by atoms with Gasteiger partial charge < -0.3 is 19.5 Å². The maximum atomic E-state index is 12.8. The van der Waals surface area contributed by atoms with Crippen molar-refractivity contribution >= 4 is 18.2 Å². The van der Waals surface area contributed by atoms with Crippen LogP contribution in [0.25, 0.3) is 0 Å². The van der Waals surface area contributed by atoms with Gasteiger partial charge in [0, 0.05) is 13.0 Å². The van der Waals surface area contributed by atoms with Gasteiger partial charge in [-0.05, 0) is 31.9 Å². The molecule has 1 N–H and O–H groups in total. The third-order valence-corrected chi connectivity index (χ3v) is 4.96. The van der Waals surface area contributed by atoms with Gasteiger partial charge in [-0.15, -0.1) is 0 Å². The maximum Gasteiger partial charge on any atom is 0.411 e. The van der Waals surface area contributed by atoms with E-state index in [0.717, 1.165) is 11.1 Å². The number of ether oxygens (including phenoxy) is 3.